The first-order valence-electron chi connectivity index (χ1n) is 8.34. The van der Waals surface area contributed by atoms with Gasteiger partial charge in [0.2, 0.25) is 5.91 Å². The number of hydrogen-bond acceptors (Lipinski definition) is 4. The highest BCUT2D eigenvalue weighted by atomic mass is 35.5. The van der Waals surface area contributed by atoms with Gasteiger partial charge in [-0.3, -0.25) is 15.0 Å². The number of halogens is 1. The molecular weight excluding hydrogens is 376 g/mol. The SMILES string of the molecule is CCCCCCCC(=O)NN1C(=O)/C(=C/c2ccc(Cl)cc2)SC1=S. The predicted molar refractivity (Wildman–Crippen MR) is 108 cm³/mol. The van der Waals surface area contributed by atoms with Crippen LogP contribution >= 0.6 is 35.6 Å². The number of thiocarbonyl (C=S) groups is 1. The third-order valence-corrected chi connectivity index (χ3v) is 5.26. The van der Waals surface area contributed by atoms with Gasteiger partial charge in [-0.15, -0.1) is 0 Å². The predicted octanol–water partition coefficient (Wildman–Crippen LogP) is 4.93. The third-order valence-electron chi connectivity index (χ3n) is 3.71. The van der Waals surface area contributed by atoms with Gasteiger partial charge < -0.3 is 0 Å². The van der Waals surface area contributed by atoms with E-state index in [1.54, 1.807) is 18.2 Å². The summed E-state index contributed by atoms with van der Waals surface area (Å²) in [5.74, 6) is -0.482. The van der Waals surface area contributed by atoms with Gasteiger partial charge in [0.15, 0.2) is 4.32 Å². The zero-order valence-electron chi connectivity index (χ0n) is 14.1. The van der Waals surface area contributed by atoms with E-state index in [0.29, 0.717) is 20.7 Å². The van der Waals surface area contributed by atoms with Gasteiger partial charge in [0.05, 0.1) is 4.91 Å². The number of carbonyl (C=O) groups is 2. The summed E-state index contributed by atoms with van der Waals surface area (Å²) < 4.78 is 0.338. The van der Waals surface area contributed by atoms with Crippen molar-refractivity contribution >= 4 is 57.8 Å². The summed E-state index contributed by atoms with van der Waals surface area (Å²) in [5, 5.41) is 1.80. The highest BCUT2D eigenvalue weighted by molar-refractivity contribution is 8.26. The fourth-order valence-electron chi connectivity index (χ4n) is 2.34. The molecule has 0 radical (unpaired) electrons. The first-order chi connectivity index (χ1) is 12.0. The van der Waals surface area contributed by atoms with Crippen LogP contribution in [-0.2, 0) is 9.59 Å². The number of hydrogen-bond donors (Lipinski definition) is 1. The van der Waals surface area contributed by atoms with E-state index in [4.69, 9.17) is 23.8 Å². The minimum Gasteiger partial charge on any atom is -0.273 e. The number of nitrogens with zero attached hydrogens (tertiary/aromatic N) is 1. The summed E-state index contributed by atoms with van der Waals surface area (Å²) in [6.45, 7) is 2.15. The lowest BCUT2D eigenvalue weighted by atomic mass is 10.1. The molecule has 1 aliphatic heterocycles. The van der Waals surface area contributed by atoms with Gasteiger partial charge in [0.25, 0.3) is 5.91 Å². The quantitative estimate of drug-likeness (QED) is 0.384. The maximum absolute atomic E-state index is 12.4. The summed E-state index contributed by atoms with van der Waals surface area (Å²) in [7, 11) is 0. The lowest BCUT2D eigenvalue weighted by Crippen LogP contribution is -2.44. The molecule has 1 N–H and O–H groups in total. The van der Waals surface area contributed by atoms with Gasteiger partial charge in [-0.25, -0.2) is 0 Å². The van der Waals surface area contributed by atoms with Crippen LogP contribution in [0.25, 0.3) is 6.08 Å². The molecule has 1 aliphatic rings. The molecule has 7 heteroatoms. The molecular formula is C18H21ClN2O2S2. The average molecular weight is 397 g/mol. The van der Waals surface area contributed by atoms with E-state index in [1.165, 1.54) is 24.6 Å². The van der Waals surface area contributed by atoms with Gasteiger partial charge in [0.1, 0.15) is 0 Å². The number of thioether (sulfide) groups is 1. The van der Waals surface area contributed by atoms with Gasteiger partial charge in [-0.05, 0) is 42.4 Å². The first kappa shape index (κ1) is 19.9. The van der Waals surface area contributed by atoms with Gasteiger partial charge in [0, 0.05) is 11.4 Å². The molecule has 0 saturated carbocycles. The summed E-state index contributed by atoms with van der Waals surface area (Å²) in [4.78, 5) is 24.9. The van der Waals surface area contributed by atoms with Gasteiger partial charge in [-0.2, -0.15) is 5.01 Å². The number of amides is 2. The van der Waals surface area contributed by atoms with E-state index in [-0.39, 0.29) is 11.8 Å². The maximum Gasteiger partial charge on any atom is 0.285 e. The molecule has 0 atom stereocenters. The monoisotopic (exact) mass is 396 g/mol. The summed E-state index contributed by atoms with van der Waals surface area (Å²) in [6, 6.07) is 7.16. The second-order valence-corrected chi connectivity index (χ2v) is 7.88. The van der Waals surface area contributed by atoms with Gasteiger partial charge >= 0.3 is 0 Å². The number of unbranched alkanes of at least 4 members (excludes halogenated alkanes) is 4. The van der Waals surface area contributed by atoms with E-state index in [0.717, 1.165) is 29.8 Å². The van der Waals surface area contributed by atoms with Crippen LogP contribution in [0.3, 0.4) is 0 Å². The van der Waals surface area contributed by atoms with Crippen LogP contribution < -0.4 is 5.43 Å². The normalized spacial score (nSPS) is 15.9. The van der Waals surface area contributed by atoms with Crippen molar-refractivity contribution < 1.29 is 9.59 Å². The Bertz CT molecular complexity index is 674. The Morgan fingerprint density at radius 3 is 2.60 bits per heavy atom. The van der Waals surface area contributed by atoms with E-state index in [9.17, 15) is 9.59 Å². The Balaban J connectivity index is 1.90. The highest BCUT2D eigenvalue weighted by Gasteiger charge is 2.33. The Morgan fingerprint density at radius 2 is 1.92 bits per heavy atom. The number of rotatable bonds is 8. The molecule has 1 fully saturated rings. The van der Waals surface area contributed by atoms with E-state index >= 15 is 0 Å². The van der Waals surface area contributed by atoms with E-state index < -0.39 is 0 Å². The molecule has 1 aromatic rings. The Kier molecular flexibility index (Phi) is 7.93. The van der Waals surface area contributed by atoms with Crippen molar-refractivity contribution in [3.8, 4) is 0 Å². The third kappa shape index (κ3) is 6.13. The average Bonchev–Trinajstić information content (AvgIpc) is 2.84. The van der Waals surface area contributed by atoms with Crippen LogP contribution in [0.5, 0.6) is 0 Å². The van der Waals surface area contributed by atoms with Crippen molar-refractivity contribution in [1.29, 1.82) is 0 Å². The number of nitrogens with one attached hydrogen (secondary N) is 1. The molecule has 0 aromatic heterocycles. The van der Waals surface area contributed by atoms with Crippen LogP contribution in [0.2, 0.25) is 5.02 Å². The topological polar surface area (TPSA) is 49.4 Å². The van der Waals surface area contributed by atoms with Crippen LogP contribution in [0.4, 0.5) is 0 Å². The summed E-state index contributed by atoms with van der Waals surface area (Å²) >= 11 is 12.3. The molecule has 0 unspecified atom stereocenters. The molecule has 134 valence electrons. The van der Waals surface area contributed by atoms with Crippen molar-refractivity contribution in [3.63, 3.8) is 0 Å². The van der Waals surface area contributed by atoms with Crippen LogP contribution in [0.15, 0.2) is 29.2 Å². The van der Waals surface area contributed by atoms with Crippen molar-refractivity contribution in [1.82, 2.24) is 10.4 Å². The molecule has 0 aliphatic carbocycles. The Hall–Kier alpha value is -1.37. The zero-order valence-corrected chi connectivity index (χ0v) is 16.5. The largest absolute Gasteiger partial charge is 0.285 e. The van der Waals surface area contributed by atoms with Gasteiger partial charge in [-0.1, -0.05) is 68.1 Å². The Morgan fingerprint density at radius 1 is 1.24 bits per heavy atom. The van der Waals surface area contributed by atoms with Crippen LogP contribution in [0, 0.1) is 0 Å². The minimum absolute atomic E-state index is 0.180. The standard InChI is InChI=1S/C18H21ClN2O2S2/c1-2-3-4-5-6-7-16(22)20-21-17(23)15(25-18(21)24)12-13-8-10-14(19)11-9-13/h8-12H,2-7H2,1H3,(H,20,22)/b15-12-. The number of carbonyl (C=O) groups excluding carboxylic acids is 2. The molecule has 2 rings (SSSR count). The van der Waals surface area contributed by atoms with Crippen LogP contribution in [-0.4, -0.2) is 21.1 Å². The summed E-state index contributed by atoms with van der Waals surface area (Å²) in [5.41, 5.74) is 3.47. The molecule has 25 heavy (non-hydrogen) atoms. The van der Waals surface area contributed by atoms with Crippen molar-refractivity contribution in [2.75, 3.05) is 0 Å². The molecule has 1 aromatic carbocycles. The number of hydrazine groups is 1. The molecule has 4 nitrogen and oxygen atoms in total. The van der Waals surface area contributed by atoms with Crippen molar-refractivity contribution in [2.24, 2.45) is 0 Å². The first-order valence-corrected chi connectivity index (χ1v) is 9.94. The second-order valence-electron chi connectivity index (χ2n) is 5.77. The molecule has 1 heterocycles. The van der Waals surface area contributed by atoms with E-state index in [2.05, 4.69) is 12.3 Å². The van der Waals surface area contributed by atoms with Crippen molar-refractivity contribution in [2.45, 2.75) is 45.4 Å². The fourth-order valence-corrected chi connectivity index (χ4v) is 3.65. The maximum atomic E-state index is 12.4. The van der Waals surface area contributed by atoms with Crippen LogP contribution in [0.1, 0.15) is 51.0 Å². The molecule has 1 saturated heterocycles. The number of benzene rings is 1. The molecule has 0 bridgehead atoms. The minimum atomic E-state index is -0.302. The molecule has 2 amide bonds. The molecule has 0 spiro atoms. The second kappa shape index (κ2) is 9.94. The lowest BCUT2D eigenvalue weighted by Gasteiger charge is -2.15. The smallest absolute Gasteiger partial charge is 0.273 e. The fraction of sp³-hybridized carbons (Fsp3) is 0.389. The highest BCUT2D eigenvalue weighted by Crippen LogP contribution is 2.31. The zero-order chi connectivity index (χ0) is 18.2. The summed E-state index contributed by atoms with van der Waals surface area (Å²) in [6.07, 6.45) is 7.48. The lowest BCUT2D eigenvalue weighted by molar-refractivity contribution is -0.133. The van der Waals surface area contributed by atoms with Crippen molar-refractivity contribution in [3.05, 3.63) is 39.8 Å². The van der Waals surface area contributed by atoms with E-state index in [1.807, 2.05) is 12.1 Å². The Labute approximate surface area is 163 Å².